The summed E-state index contributed by atoms with van der Waals surface area (Å²) < 4.78 is 60.9. The van der Waals surface area contributed by atoms with Crippen molar-refractivity contribution in [2.75, 3.05) is 26.7 Å². The molecule has 17 heavy (non-hydrogen) atoms. The molecule has 1 fully saturated rings. The molecule has 1 saturated heterocycles. The van der Waals surface area contributed by atoms with Gasteiger partial charge >= 0.3 is 36.4 Å². The number of likely N-dealkylation sites (tertiary alicyclic amines) is 1. The van der Waals surface area contributed by atoms with E-state index in [4.69, 9.17) is 0 Å². The molecule has 8 heteroatoms. The molecule has 0 N–H and O–H groups in total. The number of rotatable bonds is 3. The Labute approximate surface area is 100 Å². The van der Waals surface area contributed by atoms with Gasteiger partial charge in [-0.2, -0.15) is 0 Å². The van der Waals surface area contributed by atoms with Gasteiger partial charge in [-0.15, -0.1) is 0 Å². The van der Waals surface area contributed by atoms with Crippen molar-refractivity contribution in [3.63, 3.8) is 0 Å². The average Bonchev–Trinajstić information content (AvgIpc) is 2.44. The van der Waals surface area contributed by atoms with E-state index >= 15 is 0 Å². The predicted octanol–water partition coefficient (Wildman–Crippen LogP) is 4.17. The third-order valence-corrected chi connectivity index (χ3v) is 2.70. The van der Waals surface area contributed by atoms with E-state index in [1.807, 2.05) is 0 Å². The van der Waals surface area contributed by atoms with E-state index < -0.39 is 19.5 Å². The molecular weight excluding hydrogens is 358 g/mol. The molecule has 0 aliphatic carbocycles. The molecule has 0 aromatic rings. The van der Waals surface area contributed by atoms with Gasteiger partial charge in [0.2, 0.25) is 0 Å². The minimum absolute atomic E-state index is 1.36. The summed E-state index contributed by atoms with van der Waals surface area (Å²) in [5.74, 6) is 0. The summed E-state index contributed by atoms with van der Waals surface area (Å²) in [6, 6.07) is 0. The summed E-state index contributed by atoms with van der Waals surface area (Å²) in [5.41, 5.74) is 0. The van der Waals surface area contributed by atoms with Gasteiger partial charge in [-0.1, -0.05) is 13.3 Å². The van der Waals surface area contributed by atoms with Crippen molar-refractivity contribution in [1.29, 1.82) is 0 Å². The van der Waals surface area contributed by atoms with Crippen LogP contribution in [0.4, 0.5) is 16.9 Å². The van der Waals surface area contributed by atoms with E-state index in [0.29, 0.717) is 0 Å². The molecule has 1 heterocycles. The van der Waals surface area contributed by atoms with Crippen molar-refractivity contribution in [3.05, 3.63) is 0 Å². The Kier molecular flexibility index (Phi) is 4.90. The summed E-state index contributed by atoms with van der Waals surface area (Å²) in [7, 11) is 2.41. The van der Waals surface area contributed by atoms with E-state index in [2.05, 4.69) is 14.0 Å². The fourth-order valence-electron chi connectivity index (χ4n) is 1.86. The molecular formula is C9H20F6NSb. The topological polar surface area (TPSA) is 0 Å². The normalized spacial score (nSPS) is 23.3. The second kappa shape index (κ2) is 4.80. The Morgan fingerprint density at radius 1 is 0.941 bits per heavy atom. The summed E-state index contributed by atoms with van der Waals surface area (Å²) in [6.07, 6.45) is 5.69. The van der Waals surface area contributed by atoms with Crippen LogP contribution in [0.3, 0.4) is 0 Å². The summed E-state index contributed by atoms with van der Waals surface area (Å²) in [4.78, 5) is 0. The van der Waals surface area contributed by atoms with Crippen LogP contribution in [-0.4, -0.2) is 50.6 Å². The van der Waals surface area contributed by atoms with E-state index in [0.717, 1.165) is 0 Å². The first-order valence-electron chi connectivity index (χ1n) is 5.62. The molecule has 0 unspecified atom stereocenters. The standard InChI is InChI=1S/C9H20N.6FH.Sb/c1-3-4-7-10(2)8-5-6-9-10;;;;;;;/h3-9H2,1-2H3;6*1H;/q+1;;;;;;;+5/p-6. The summed E-state index contributed by atoms with van der Waals surface area (Å²) >= 11 is -11.2. The fourth-order valence-corrected chi connectivity index (χ4v) is 1.86. The van der Waals surface area contributed by atoms with Crippen LogP contribution in [0.25, 0.3) is 0 Å². The molecule has 1 aliphatic rings. The van der Waals surface area contributed by atoms with Crippen molar-refractivity contribution < 1.29 is 21.4 Å². The van der Waals surface area contributed by atoms with E-state index in [1.54, 1.807) is 0 Å². The van der Waals surface area contributed by atoms with Crippen LogP contribution in [0.1, 0.15) is 32.6 Å². The van der Waals surface area contributed by atoms with Crippen LogP contribution < -0.4 is 0 Å². The number of unbranched alkanes of at least 4 members (excludes halogenated alkanes) is 1. The van der Waals surface area contributed by atoms with Crippen molar-refractivity contribution in [2.45, 2.75) is 32.6 Å². The fraction of sp³-hybridized carbons (Fsp3) is 1.00. The van der Waals surface area contributed by atoms with Gasteiger partial charge in [-0.3, -0.25) is 0 Å². The average molecular weight is 378 g/mol. The van der Waals surface area contributed by atoms with Crippen LogP contribution in [0, 0.1) is 0 Å². The number of quaternary nitrogens is 1. The quantitative estimate of drug-likeness (QED) is 0.393. The third kappa shape index (κ3) is 16.4. The minimum atomic E-state index is -11.2. The van der Waals surface area contributed by atoms with Gasteiger partial charge in [0.05, 0.1) is 26.7 Å². The number of nitrogens with zero attached hydrogens (tertiary/aromatic N) is 1. The molecule has 0 amide bonds. The molecule has 108 valence electrons. The SMILES string of the molecule is CCCC[N+]1(C)CCCC1.[F][Sb-]([F])([F])([F])([F])[F]. The number of hydrogen-bond donors (Lipinski definition) is 0. The van der Waals surface area contributed by atoms with Gasteiger partial charge in [-0.25, -0.2) is 0 Å². The number of hydrogen-bond acceptors (Lipinski definition) is 0. The molecule has 0 spiro atoms. The first-order valence-corrected chi connectivity index (χ1v) is 11.4. The first kappa shape index (κ1) is 17.4. The molecule has 0 saturated carbocycles. The van der Waals surface area contributed by atoms with Gasteiger partial charge in [0, 0.05) is 12.8 Å². The third-order valence-electron chi connectivity index (χ3n) is 2.70. The molecule has 0 atom stereocenters. The summed E-state index contributed by atoms with van der Waals surface area (Å²) in [5, 5.41) is 0. The Bertz CT molecular complexity index is 228. The van der Waals surface area contributed by atoms with Crippen LogP contribution in [0.5, 0.6) is 0 Å². The molecule has 0 aromatic heterocycles. The Morgan fingerprint density at radius 3 is 1.59 bits per heavy atom. The maximum atomic E-state index is 9.93. The van der Waals surface area contributed by atoms with Crippen LogP contribution in [0.2, 0.25) is 0 Å². The molecule has 0 radical (unpaired) electrons. The van der Waals surface area contributed by atoms with Gasteiger partial charge < -0.3 is 4.48 Å². The van der Waals surface area contributed by atoms with Crippen molar-refractivity contribution >= 4 is 19.5 Å². The van der Waals surface area contributed by atoms with E-state index in [-0.39, 0.29) is 0 Å². The Balaban J connectivity index is 0.000000325. The van der Waals surface area contributed by atoms with Crippen molar-refractivity contribution in [3.8, 4) is 0 Å². The second-order valence-electron chi connectivity index (χ2n) is 4.81. The second-order valence-corrected chi connectivity index (χ2v) is 10.3. The maximum absolute atomic E-state index is 11.2. The molecule has 0 aromatic carbocycles. The van der Waals surface area contributed by atoms with Crippen LogP contribution >= 0.6 is 0 Å². The van der Waals surface area contributed by atoms with Gasteiger partial charge in [0.1, 0.15) is 0 Å². The molecule has 1 rings (SSSR count). The van der Waals surface area contributed by atoms with E-state index in [1.165, 1.54) is 49.8 Å². The Hall–Kier alpha value is 0.358. The Morgan fingerprint density at radius 2 is 1.29 bits per heavy atom. The zero-order valence-electron chi connectivity index (χ0n) is 10.1. The summed E-state index contributed by atoms with van der Waals surface area (Å²) in [6.45, 7) is 6.55. The van der Waals surface area contributed by atoms with Crippen LogP contribution in [-0.2, 0) is 0 Å². The number of halogens is 6. The molecule has 1 nitrogen and oxygen atoms in total. The van der Waals surface area contributed by atoms with Gasteiger partial charge in [0.25, 0.3) is 0 Å². The van der Waals surface area contributed by atoms with Gasteiger partial charge in [-0.05, 0) is 6.42 Å². The van der Waals surface area contributed by atoms with Crippen molar-refractivity contribution in [1.82, 2.24) is 0 Å². The van der Waals surface area contributed by atoms with Crippen LogP contribution in [0.15, 0.2) is 0 Å². The van der Waals surface area contributed by atoms with E-state index in [9.17, 15) is 16.9 Å². The van der Waals surface area contributed by atoms with Gasteiger partial charge in [0.15, 0.2) is 0 Å². The molecule has 0 bridgehead atoms. The molecule has 1 aliphatic heterocycles. The predicted molar refractivity (Wildman–Crippen MR) is 57.3 cm³/mol. The zero-order valence-corrected chi connectivity index (χ0v) is 12.7. The monoisotopic (exact) mass is 377 g/mol. The zero-order chi connectivity index (χ0) is 13.9. The van der Waals surface area contributed by atoms with Crippen molar-refractivity contribution in [2.24, 2.45) is 0 Å². The first-order chi connectivity index (χ1) is 7.22.